The first-order valence-corrected chi connectivity index (χ1v) is 10.3. The van der Waals surface area contributed by atoms with E-state index in [0.717, 1.165) is 33.0 Å². The number of carbonyl (C=O) groups is 1. The van der Waals surface area contributed by atoms with Gasteiger partial charge in [0.2, 0.25) is 5.91 Å². The van der Waals surface area contributed by atoms with Gasteiger partial charge in [-0.25, -0.2) is 4.98 Å². The van der Waals surface area contributed by atoms with Crippen molar-refractivity contribution in [2.75, 3.05) is 19.1 Å². The molecule has 0 aliphatic carbocycles. The molecule has 0 saturated heterocycles. The van der Waals surface area contributed by atoms with Gasteiger partial charge in [-0.05, 0) is 42.0 Å². The molecule has 0 aliphatic heterocycles. The smallest absolute Gasteiger partial charge is 0.233 e. The maximum atomic E-state index is 13.3. The second kappa shape index (κ2) is 8.92. The van der Waals surface area contributed by atoms with Crippen LogP contribution in [-0.2, 0) is 17.8 Å². The molecule has 0 atom stereocenters. The summed E-state index contributed by atoms with van der Waals surface area (Å²) in [5.41, 5.74) is 2.52. The Labute approximate surface area is 178 Å². The number of rotatable bonds is 7. The molecule has 0 fully saturated rings. The van der Waals surface area contributed by atoms with E-state index in [9.17, 15) is 4.79 Å². The number of aromatic nitrogens is 2. The van der Waals surface area contributed by atoms with E-state index in [4.69, 9.17) is 14.5 Å². The molecule has 0 aliphatic rings. The average molecular weight is 420 g/mol. The van der Waals surface area contributed by atoms with Crippen LogP contribution in [0.4, 0.5) is 5.13 Å². The summed E-state index contributed by atoms with van der Waals surface area (Å²) in [5, 5.41) is 0.641. The molecule has 0 saturated carbocycles. The number of carbonyl (C=O) groups excluding carboxylic acids is 1. The summed E-state index contributed by atoms with van der Waals surface area (Å²) in [4.78, 5) is 24.1. The van der Waals surface area contributed by atoms with E-state index < -0.39 is 0 Å². The molecule has 0 radical (unpaired) electrons. The third kappa shape index (κ3) is 4.41. The van der Waals surface area contributed by atoms with Gasteiger partial charge in [-0.15, -0.1) is 0 Å². The molecule has 152 valence electrons. The number of benzene rings is 2. The van der Waals surface area contributed by atoms with E-state index in [-0.39, 0.29) is 12.3 Å². The third-order valence-electron chi connectivity index (χ3n) is 4.68. The average Bonchev–Trinajstić information content (AvgIpc) is 3.21. The molecular formula is C23H21N3O3S. The van der Waals surface area contributed by atoms with Crippen LogP contribution in [-0.4, -0.2) is 30.1 Å². The molecule has 4 aromatic rings. The third-order valence-corrected chi connectivity index (χ3v) is 5.74. The van der Waals surface area contributed by atoms with Gasteiger partial charge in [0, 0.05) is 12.3 Å². The fraction of sp³-hybridized carbons (Fsp3) is 0.174. The first kappa shape index (κ1) is 19.8. The predicted molar refractivity (Wildman–Crippen MR) is 118 cm³/mol. The molecule has 0 spiro atoms. The zero-order valence-corrected chi connectivity index (χ0v) is 17.6. The quantitative estimate of drug-likeness (QED) is 0.442. The van der Waals surface area contributed by atoms with E-state index in [0.29, 0.717) is 11.7 Å². The number of hydrogen-bond donors (Lipinski definition) is 0. The molecule has 0 unspecified atom stereocenters. The van der Waals surface area contributed by atoms with Crippen LogP contribution in [0.2, 0.25) is 0 Å². The minimum absolute atomic E-state index is 0.0446. The van der Waals surface area contributed by atoms with E-state index >= 15 is 0 Å². The lowest BCUT2D eigenvalue weighted by Crippen LogP contribution is -2.32. The summed E-state index contributed by atoms with van der Waals surface area (Å²) in [5.74, 6) is 1.45. The topological polar surface area (TPSA) is 64.5 Å². The summed E-state index contributed by atoms with van der Waals surface area (Å²) < 4.78 is 11.5. The number of ether oxygens (including phenoxy) is 2. The summed E-state index contributed by atoms with van der Waals surface area (Å²) >= 11 is 1.48. The van der Waals surface area contributed by atoms with Gasteiger partial charge >= 0.3 is 0 Å². The second-order valence-corrected chi connectivity index (χ2v) is 7.67. The SMILES string of the molecule is COc1ccc(CC(=O)N(Cc2ccccn2)c2nc3cc(OC)ccc3s2)cc1. The summed E-state index contributed by atoms with van der Waals surface area (Å²) in [6.07, 6.45) is 1.99. The Kier molecular flexibility index (Phi) is 5.90. The van der Waals surface area contributed by atoms with E-state index in [1.807, 2.05) is 60.7 Å². The van der Waals surface area contributed by atoms with Crippen LogP contribution in [0.1, 0.15) is 11.3 Å². The van der Waals surface area contributed by atoms with Crippen LogP contribution in [0.5, 0.6) is 11.5 Å². The molecule has 6 nitrogen and oxygen atoms in total. The van der Waals surface area contributed by atoms with Crippen LogP contribution < -0.4 is 14.4 Å². The van der Waals surface area contributed by atoms with Crippen LogP contribution >= 0.6 is 11.3 Å². The molecule has 2 heterocycles. The van der Waals surface area contributed by atoms with Crippen LogP contribution in [0.15, 0.2) is 66.9 Å². The highest BCUT2D eigenvalue weighted by Gasteiger charge is 2.21. The molecule has 1 amide bonds. The Morgan fingerprint density at radius 2 is 1.77 bits per heavy atom. The fourth-order valence-corrected chi connectivity index (χ4v) is 4.03. The molecule has 7 heteroatoms. The normalized spacial score (nSPS) is 10.7. The number of fused-ring (bicyclic) bond motifs is 1. The van der Waals surface area contributed by atoms with Crippen molar-refractivity contribution >= 4 is 32.6 Å². The van der Waals surface area contributed by atoms with Gasteiger partial charge < -0.3 is 9.47 Å². The molecule has 30 heavy (non-hydrogen) atoms. The van der Waals surface area contributed by atoms with Gasteiger partial charge in [-0.2, -0.15) is 0 Å². The number of hydrogen-bond acceptors (Lipinski definition) is 6. The maximum Gasteiger partial charge on any atom is 0.233 e. The molecule has 0 bridgehead atoms. The van der Waals surface area contributed by atoms with Gasteiger partial charge in [0.1, 0.15) is 11.5 Å². The maximum absolute atomic E-state index is 13.3. The molecule has 2 aromatic heterocycles. The number of nitrogens with zero attached hydrogens (tertiary/aromatic N) is 3. The Hall–Kier alpha value is -3.45. The van der Waals surface area contributed by atoms with Gasteiger partial charge in [-0.1, -0.05) is 29.5 Å². The zero-order valence-electron chi connectivity index (χ0n) is 16.7. The van der Waals surface area contributed by atoms with Gasteiger partial charge in [0.15, 0.2) is 5.13 Å². The first-order chi connectivity index (χ1) is 14.7. The van der Waals surface area contributed by atoms with Crippen LogP contribution in [0, 0.1) is 0 Å². The Balaban J connectivity index is 1.65. The van der Waals surface area contributed by atoms with Gasteiger partial charge in [0.25, 0.3) is 0 Å². The molecule has 4 rings (SSSR count). The van der Waals surface area contributed by atoms with E-state index in [2.05, 4.69) is 4.98 Å². The highest BCUT2D eigenvalue weighted by atomic mass is 32.1. The first-order valence-electron chi connectivity index (χ1n) is 9.44. The molecule has 2 aromatic carbocycles. The summed E-state index contributed by atoms with van der Waals surface area (Å²) in [7, 11) is 3.25. The molecule has 0 N–H and O–H groups in total. The largest absolute Gasteiger partial charge is 0.497 e. The van der Waals surface area contributed by atoms with Gasteiger partial charge in [-0.3, -0.25) is 14.7 Å². The van der Waals surface area contributed by atoms with Crippen LogP contribution in [0.25, 0.3) is 10.2 Å². The van der Waals surface area contributed by atoms with Gasteiger partial charge in [0.05, 0.1) is 43.1 Å². The zero-order chi connectivity index (χ0) is 20.9. The highest BCUT2D eigenvalue weighted by molar-refractivity contribution is 7.22. The predicted octanol–water partition coefficient (Wildman–Crippen LogP) is 4.48. The van der Waals surface area contributed by atoms with Crippen LogP contribution in [0.3, 0.4) is 0 Å². The summed E-state index contributed by atoms with van der Waals surface area (Å²) in [6, 6.07) is 18.9. The Morgan fingerprint density at radius 1 is 1.00 bits per heavy atom. The van der Waals surface area contributed by atoms with Crippen molar-refractivity contribution in [3.05, 3.63) is 78.1 Å². The van der Waals surface area contributed by atoms with Crippen molar-refractivity contribution in [1.29, 1.82) is 0 Å². The van der Waals surface area contributed by atoms with Crippen molar-refractivity contribution < 1.29 is 14.3 Å². The van der Waals surface area contributed by atoms with E-state index in [1.54, 1.807) is 25.3 Å². The minimum atomic E-state index is -0.0446. The number of thiazole rings is 1. The lowest BCUT2D eigenvalue weighted by Gasteiger charge is -2.19. The van der Waals surface area contributed by atoms with Crippen molar-refractivity contribution in [2.24, 2.45) is 0 Å². The lowest BCUT2D eigenvalue weighted by atomic mass is 10.1. The molecular weight excluding hydrogens is 398 g/mol. The number of anilines is 1. The van der Waals surface area contributed by atoms with Crippen molar-refractivity contribution in [1.82, 2.24) is 9.97 Å². The monoisotopic (exact) mass is 419 g/mol. The Bertz CT molecular complexity index is 1140. The van der Waals surface area contributed by atoms with Crippen molar-refractivity contribution in [3.8, 4) is 11.5 Å². The number of pyridine rings is 1. The number of methoxy groups -OCH3 is 2. The second-order valence-electron chi connectivity index (χ2n) is 6.66. The van der Waals surface area contributed by atoms with Crippen molar-refractivity contribution in [3.63, 3.8) is 0 Å². The standard InChI is InChI=1S/C23H21N3O3S/c1-28-18-8-6-16(7-9-18)13-22(27)26(15-17-5-3-4-12-24-17)23-25-20-14-19(29-2)10-11-21(20)30-23/h3-12,14H,13,15H2,1-2H3. The summed E-state index contributed by atoms with van der Waals surface area (Å²) in [6.45, 7) is 0.354. The van der Waals surface area contributed by atoms with Crippen molar-refractivity contribution in [2.45, 2.75) is 13.0 Å². The van der Waals surface area contributed by atoms with E-state index in [1.165, 1.54) is 11.3 Å². The fourth-order valence-electron chi connectivity index (χ4n) is 3.07. The lowest BCUT2D eigenvalue weighted by molar-refractivity contribution is -0.118. The number of amides is 1. The highest BCUT2D eigenvalue weighted by Crippen LogP contribution is 2.32. The minimum Gasteiger partial charge on any atom is -0.497 e. The Morgan fingerprint density at radius 3 is 2.47 bits per heavy atom.